The number of hydrogen-bond acceptors (Lipinski definition) is 6. The summed E-state index contributed by atoms with van der Waals surface area (Å²) in [4.78, 5) is -0.640. The molecule has 0 amide bonds. The van der Waals surface area contributed by atoms with Gasteiger partial charge in [-0.25, -0.2) is 35.1 Å². The maximum atomic E-state index is 12.4. The molecule has 0 aliphatic rings. The summed E-state index contributed by atoms with van der Waals surface area (Å²) in [5.74, 6) is 0. The molecule has 0 aromatic heterocycles. The lowest BCUT2D eigenvalue weighted by molar-refractivity contribution is 0.580. The standard InChI is InChI=1S/C15H19N3O6S3/c1-2-10-17-26(21,22)13-8-6-12(7-9-13)18-27(23,24)15-5-3-4-14(11-15)25(16,19)20/h3-9,11,17-18H,2,10H2,1H3,(H2,16,19,20). The van der Waals surface area contributed by atoms with Crippen LogP contribution in [0.15, 0.2) is 63.2 Å². The number of nitrogens with one attached hydrogen (secondary N) is 2. The van der Waals surface area contributed by atoms with E-state index in [1.807, 2.05) is 6.92 Å². The number of anilines is 1. The lowest BCUT2D eigenvalue weighted by Crippen LogP contribution is -2.24. The molecule has 0 heterocycles. The van der Waals surface area contributed by atoms with Gasteiger partial charge in [-0.15, -0.1) is 0 Å². The average molecular weight is 434 g/mol. The SMILES string of the molecule is CCCNS(=O)(=O)c1ccc(NS(=O)(=O)c2cccc(S(N)(=O)=O)c2)cc1. The summed E-state index contributed by atoms with van der Waals surface area (Å²) in [5, 5.41) is 5.01. The van der Waals surface area contributed by atoms with Crippen molar-refractivity contribution in [2.75, 3.05) is 11.3 Å². The van der Waals surface area contributed by atoms with Crippen molar-refractivity contribution in [2.45, 2.75) is 28.0 Å². The first-order chi connectivity index (χ1) is 12.5. The third-order valence-electron chi connectivity index (χ3n) is 3.40. The molecule has 2 aromatic carbocycles. The number of rotatable bonds is 8. The first-order valence-electron chi connectivity index (χ1n) is 7.71. The summed E-state index contributed by atoms with van der Waals surface area (Å²) in [5.41, 5.74) is 0.116. The smallest absolute Gasteiger partial charge is 0.261 e. The molecular weight excluding hydrogens is 414 g/mol. The highest BCUT2D eigenvalue weighted by Gasteiger charge is 2.18. The van der Waals surface area contributed by atoms with E-state index in [0.29, 0.717) is 6.42 Å². The molecule has 12 heteroatoms. The normalized spacial score (nSPS) is 12.7. The van der Waals surface area contributed by atoms with Crippen LogP contribution in [0.4, 0.5) is 5.69 Å². The molecule has 0 fully saturated rings. The Morgan fingerprint density at radius 3 is 1.96 bits per heavy atom. The molecule has 4 N–H and O–H groups in total. The Morgan fingerprint density at radius 1 is 0.815 bits per heavy atom. The molecule has 0 radical (unpaired) electrons. The van der Waals surface area contributed by atoms with Crippen molar-refractivity contribution >= 4 is 35.8 Å². The zero-order valence-corrected chi connectivity index (χ0v) is 16.7. The fourth-order valence-electron chi connectivity index (χ4n) is 2.05. The summed E-state index contributed by atoms with van der Waals surface area (Å²) in [6.45, 7) is 2.11. The fraction of sp³-hybridized carbons (Fsp3) is 0.200. The number of benzene rings is 2. The van der Waals surface area contributed by atoms with Crippen LogP contribution in [0.3, 0.4) is 0 Å². The van der Waals surface area contributed by atoms with Gasteiger partial charge in [-0.1, -0.05) is 13.0 Å². The monoisotopic (exact) mass is 433 g/mol. The quantitative estimate of drug-likeness (QED) is 0.560. The summed E-state index contributed by atoms with van der Waals surface area (Å²) in [6.07, 6.45) is 0.634. The zero-order valence-electron chi connectivity index (χ0n) is 14.3. The number of nitrogens with two attached hydrogens (primary N) is 1. The van der Waals surface area contributed by atoms with E-state index in [1.165, 1.54) is 42.5 Å². The lowest BCUT2D eigenvalue weighted by atomic mass is 10.3. The van der Waals surface area contributed by atoms with Crippen LogP contribution >= 0.6 is 0 Å². The summed E-state index contributed by atoms with van der Waals surface area (Å²) < 4.78 is 76.3. The topological polar surface area (TPSA) is 152 Å². The predicted octanol–water partition coefficient (Wildman–Crippen LogP) is 0.823. The maximum Gasteiger partial charge on any atom is 0.261 e. The van der Waals surface area contributed by atoms with Crippen molar-refractivity contribution in [2.24, 2.45) is 5.14 Å². The predicted molar refractivity (Wildman–Crippen MR) is 101 cm³/mol. The van der Waals surface area contributed by atoms with Crippen molar-refractivity contribution in [1.82, 2.24) is 4.72 Å². The van der Waals surface area contributed by atoms with Crippen LogP contribution in [0.25, 0.3) is 0 Å². The number of primary sulfonamides is 1. The molecule has 0 unspecified atom stereocenters. The van der Waals surface area contributed by atoms with Gasteiger partial charge in [-0.05, 0) is 48.9 Å². The van der Waals surface area contributed by atoms with E-state index in [1.54, 1.807) is 0 Å². The molecule has 0 bridgehead atoms. The van der Waals surface area contributed by atoms with Crippen LogP contribution in [0.1, 0.15) is 13.3 Å². The second kappa shape index (κ2) is 7.94. The van der Waals surface area contributed by atoms with E-state index in [9.17, 15) is 25.3 Å². The van der Waals surface area contributed by atoms with Gasteiger partial charge >= 0.3 is 0 Å². The Labute approximate surface area is 158 Å². The molecule has 27 heavy (non-hydrogen) atoms. The fourth-order valence-corrected chi connectivity index (χ4v) is 4.93. The molecule has 2 aromatic rings. The molecule has 148 valence electrons. The van der Waals surface area contributed by atoms with Gasteiger partial charge in [-0.2, -0.15) is 0 Å². The first kappa shape index (κ1) is 21.3. The second-order valence-corrected chi connectivity index (χ2v) is 10.6. The summed E-state index contributed by atoms with van der Waals surface area (Å²) in [7, 11) is -11.8. The molecule has 0 aliphatic carbocycles. The van der Waals surface area contributed by atoms with Crippen LogP contribution in [-0.4, -0.2) is 31.8 Å². The molecule has 0 saturated carbocycles. The Bertz CT molecular complexity index is 1130. The van der Waals surface area contributed by atoms with Crippen LogP contribution in [0, 0.1) is 0 Å². The average Bonchev–Trinajstić information content (AvgIpc) is 2.59. The summed E-state index contributed by atoms with van der Waals surface area (Å²) >= 11 is 0. The highest BCUT2D eigenvalue weighted by Crippen LogP contribution is 2.20. The molecule has 9 nitrogen and oxygen atoms in total. The molecule has 0 aliphatic heterocycles. The van der Waals surface area contributed by atoms with Gasteiger partial charge in [0, 0.05) is 12.2 Å². The molecular formula is C15H19N3O6S3. The number of hydrogen-bond donors (Lipinski definition) is 3. The Kier molecular flexibility index (Phi) is 6.27. The van der Waals surface area contributed by atoms with Crippen molar-refractivity contribution in [3.63, 3.8) is 0 Å². The van der Waals surface area contributed by atoms with Gasteiger partial charge < -0.3 is 0 Å². The molecule has 2 rings (SSSR count). The van der Waals surface area contributed by atoms with Crippen molar-refractivity contribution < 1.29 is 25.3 Å². The van der Waals surface area contributed by atoms with E-state index in [0.717, 1.165) is 6.07 Å². The maximum absolute atomic E-state index is 12.4. The highest BCUT2D eigenvalue weighted by atomic mass is 32.2. The summed E-state index contributed by atoms with van der Waals surface area (Å²) in [6, 6.07) is 9.69. The minimum atomic E-state index is -4.09. The third-order valence-corrected chi connectivity index (χ3v) is 7.17. The van der Waals surface area contributed by atoms with Gasteiger partial charge in [0.15, 0.2) is 0 Å². The Morgan fingerprint density at radius 2 is 1.41 bits per heavy atom. The third kappa shape index (κ3) is 5.49. The van der Waals surface area contributed by atoms with Gasteiger partial charge in [0.25, 0.3) is 10.0 Å². The highest BCUT2D eigenvalue weighted by molar-refractivity contribution is 7.93. The van der Waals surface area contributed by atoms with Gasteiger partial charge in [-0.3, -0.25) is 4.72 Å². The van der Waals surface area contributed by atoms with Crippen LogP contribution in [0.5, 0.6) is 0 Å². The van der Waals surface area contributed by atoms with Crippen LogP contribution in [0.2, 0.25) is 0 Å². The van der Waals surface area contributed by atoms with Crippen LogP contribution in [-0.2, 0) is 30.1 Å². The first-order valence-corrected chi connectivity index (χ1v) is 12.2. The second-order valence-electron chi connectivity index (χ2n) is 5.55. The van der Waals surface area contributed by atoms with Crippen LogP contribution < -0.4 is 14.6 Å². The van der Waals surface area contributed by atoms with E-state index >= 15 is 0 Å². The largest absolute Gasteiger partial charge is 0.280 e. The molecule has 0 saturated heterocycles. The lowest BCUT2D eigenvalue weighted by Gasteiger charge is -2.10. The number of sulfonamides is 3. The van der Waals surface area contributed by atoms with Crippen molar-refractivity contribution in [1.29, 1.82) is 0 Å². The van der Waals surface area contributed by atoms with Crippen molar-refractivity contribution in [3.8, 4) is 0 Å². The van der Waals surface area contributed by atoms with E-state index in [-0.39, 0.29) is 26.9 Å². The Balaban J connectivity index is 2.26. The molecule has 0 atom stereocenters. The molecule has 0 spiro atoms. The van der Waals surface area contributed by atoms with E-state index < -0.39 is 30.1 Å². The zero-order chi connectivity index (χ0) is 20.3. The Hall–Kier alpha value is -1.99. The van der Waals surface area contributed by atoms with E-state index in [4.69, 9.17) is 5.14 Å². The van der Waals surface area contributed by atoms with E-state index in [2.05, 4.69) is 9.44 Å². The minimum absolute atomic E-state index is 0.00452. The van der Waals surface area contributed by atoms with Crippen molar-refractivity contribution in [3.05, 3.63) is 48.5 Å². The van der Waals surface area contributed by atoms with Gasteiger partial charge in [0.05, 0.1) is 14.7 Å². The minimum Gasteiger partial charge on any atom is -0.280 e. The van der Waals surface area contributed by atoms with Gasteiger partial charge in [0.1, 0.15) is 0 Å². The van der Waals surface area contributed by atoms with Gasteiger partial charge in [0.2, 0.25) is 20.0 Å².